The lowest BCUT2D eigenvalue weighted by molar-refractivity contribution is 0.384. The number of hydrogen-bond acceptors (Lipinski definition) is 0. The van der Waals surface area contributed by atoms with Crippen LogP contribution in [-0.4, -0.2) is 0 Å². The van der Waals surface area contributed by atoms with Crippen molar-refractivity contribution in [2.75, 3.05) is 0 Å². The molecule has 0 N–H and O–H groups in total. The first kappa shape index (κ1) is 19.7. The molecule has 1 aliphatic rings. The quantitative estimate of drug-likeness (QED) is 0.390. The number of rotatable bonds is 5. The van der Waals surface area contributed by atoms with Gasteiger partial charge in [-0.05, 0) is 74.6 Å². The smallest absolute Gasteiger partial charge is 0.127 e. The minimum absolute atomic E-state index is 0.0963. The van der Waals surface area contributed by atoms with Crippen LogP contribution in [0.1, 0.15) is 80.0 Å². The summed E-state index contributed by atoms with van der Waals surface area (Å²) in [4.78, 5) is 0. The first-order valence-corrected chi connectivity index (χ1v) is 10.5. The van der Waals surface area contributed by atoms with Gasteiger partial charge in [-0.2, -0.15) is 0 Å². The largest absolute Gasteiger partial charge is 0.207 e. The molecule has 3 rings (SSSR count). The fourth-order valence-corrected chi connectivity index (χ4v) is 3.99. The molecular formula is C26H31F. The zero-order chi connectivity index (χ0) is 19.1. The number of benzene rings is 2. The van der Waals surface area contributed by atoms with E-state index in [1.807, 2.05) is 12.1 Å². The molecule has 1 heteroatoms. The Morgan fingerprint density at radius 1 is 0.963 bits per heavy atom. The summed E-state index contributed by atoms with van der Waals surface area (Å²) in [6.07, 6.45) is 8.90. The fourth-order valence-electron chi connectivity index (χ4n) is 3.99. The van der Waals surface area contributed by atoms with Crippen molar-refractivity contribution in [3.05, 3.63) is 70.5 Å². The van der Waals surface area contributed by atoms with E-state index in [2.05, 4.69) is 50.0 Å². The Hall–Kier alpha value is -2.07. The Kier molecular flexibility index (Phi) is 7.11. The van der Waals surface area contributed by atoms with E-state index in [1.54, 1.807) is 6.07 Å². The summed E-state index contributed by atoms with van der Waals surface area (Å²) in [6.45, 7) is 4.31. The highest BCUT2D eigenvalue weighted by atomic mass is 19.1. The van der Waals surface area contributed by atoms with Crippen LogP contribution in [0.2, 0.25) is 0 Å². The second-order valence-corrected chi connectivity index (χ2v) is 7.99. The molecule has 1 fully saturated rings. The molecule has 1 saturated carbocycles. The third-order valence-corrected chi connectivity index (χ3v) is 5.80. The maximum Gasteiger partial charge on any atom is 0.127 e. The highest BCUT2D eigenvalue weighted by Crippen LogP contribution is 2.35. The molecule has 142 valence electrons. The van der Waals surface area contributed by atoms with Gasteiger partial charge in [0.05, 0.1) is 0 Å². The summed E-state index contributed by atoms with van der Waals surface area (Å²) in [5.41, 5.74) is 4.43. The van der Waals surface area contributed by atoms with E-state index < -0.39 is 0 Å². The normalized spacial score (nSPS) is 19.4. The van der Waals surface area contributed by atoms with Gasteiger partial charge in [0.1, 0.15) is 5.82 Å². The Bertz CT molecular complexity index is 783. The molecule has 0 spiro atoms. The summed E-state index contributed by atoms with van der Waals surface area (Å²) in [6, 6.07) is 14.5. The molecule has 1 aliphatic carbocycles. The first-order chi connectivity index (χ1) is 13.2. The summed E-state index contributed by atoms with van der Waals surface area (Å²) in [5, 5.41) is 0. The van der Waals surface area contributed by atoms with Crippen molar-refractivity contribution >= 4 is 0 Å². The fraction of sp³-hybridized carbons (Fsp3) is 0.462. The van der Waals surface area contributed by atoms with Crippen LogP contribution < -0.4 is 0 Å². The molecule has 0 atom stereocenters. The van der Waals surface area contributed by atoms with Crippen molar-refractivity contribution in [1.29, 1.82) is 0 Å². The van der Waals surface area contributed by atoms with Crippen molar-refractivity contribution in [3.63, 3.8) is 0 Å². The van der Waals surface area contributed by atoms with Crippen LogP contribution >= 0.6 is 0 Å². The van der Waals surface area contributed by atoms with Gasteiger partial charge in [-0.15, -0.1) is 0 Å². The Balaban J connectivity index is 1.54. The molecule has 0 heterocycles. The van der Waals surface area contributed by atoms with Crippen LogP contribution in [-0.2, 0) is 6.42 Å². The first-order valence-electron chi connectivity index (χ1n) is 10.5. The second kappa shape index (κ2) is 9.75. The summed E-state index contributed by atoms with van der Waals surface area (Å²) in [7, 11) is 0. The third kappa shape index (κ3) is 5.70. The van der Waals surface area contributed by atoms with Crippen molar-refractivity contribution in [2.24, 2.45) is 5.92 Å². The monoisotopic (exact) mass is 362 g/mol. The van der Waals surface area contributed by atoms with E-state index in [4.69, 9.17) is 0 Å². The molecule has 0 unspecified atom stereocenters. The topological polar surface area (TPSA) is 0 Å². The second-order valence-electron chi connectivity index (χ2n) is 7.99. The van der Waals surface area contributed by atoms with Crippen LogP contribution in [0.15, 0.2) is 42.5 Å². The Morgan fingerprint density at radius 3 is 2.37 bits per heavy atom. The van der Waals surface area contributed by atoms with Gasteiger partial charge in [0.2, 0.25) is 0 Å². The van der Waals surface area contributed by atoms with Crippen LogP contribution in [0.4, 0.5) is 4.39 Å². The molecule has 0 aromatic heterocycles. The average molecular weight is 363 g/mol. The number of aryl methyl sites for hydroxylation is 2. The average Bonchev–Trinajstić information content (AvgIpc) is 2.69. The highest BCUT2D eigenvalue weighted by Gasteiger charge is 2.21. The van der Waals surface area contributed by atoms with Crippen molar-refractivity contribution in [3.8, 4) is 11.8 Å². The Morgan fingerprint density at radius 2 is 1.70 bits per heavy atom. The molecule has 27 heavy (non-hydrogen) atoms. The van der Waals surface area contributed by atoms with Crippen molar-refractivity contribution in [1.82, 2.24) is 0 Å². The van der Waals surface area contributed by atoms with E-state index >= 15 is 0 Å². The molecule has 0 nitrogen and oxygen atoms in total. The maximum atomic E-state index is 14.2. The minimum atomic E-state index is -0.0963. The summed E-state index contributed by atoms with van der Waals surface area (Å²) < 4.78 is 14.2. The van der Waals surface area contributed by atoms with Crippen molar-refractivity contribution < 1.29 is 4.39 Å². The molecule has 0 aliphatic heterocycles. The molecule has 0 bridgehead atoms. The van der Waals surface area contributed by atoms with Crippen LogP contribution in [0, 0.1) is 30.5 Å². The van der Waals surface area contributed by atoms with Gasteiger partial charge >= 0.3 is 0 Å². The van der Waals surface area contributed by atoms with Crippen LogP contribution in [0.5, 0.6) is 0 Å². The number of hydrogen-bond donors (Lipinski definition) is 0. The molecular weight excluding hydrogens is 331 g/mol. The minimum Gasteiger partial charge on any atom is -0.207 e. The highest BCUT2D eigenvalue weighted by molar-refractivity contribution is 5.37. The molecule has 0 saturated heterocycles. The van der Waals surface area contributed by atoms with Gasteiger partial charge in [-0.25, -0.2) is 4.39 Å². The van der Waals surface area contributed by atoms with Gasteiger partial charge in [-0.3, -0.25) is 0 Å². The summed E-state index contributed by atoms with van der Waals surface area (Å²) >= 11 is 0. The van der Waals surface area contributed by atoms with Gasteiger partial charge in [-0.1, -0.05) is 67.5 Å². The molecule has 0 radical (unpaired) electrons. The summed E-state index contributed by atoms with van der Waals surface area (Å²) in [5.74, 6) is 7.64. The standard InChI is InChI=1S/C26H31F/c1-3-4-5-6-25-18-13-22(19-26(25)27)10-9-21-11-16-24(17-12-21)23-14-7-20(2)8-15-23/h7-8,13-15,18-19,21,24H,3-6,11-12,16-17H2,1-2H3. The van der Waals surface area contributed by atoms with Gasteiger partial charge in [0.15, 0.2) is 0 Å². The molecule has 2 aromatic rings. The van der Waals surface area contributed by atoms with Crippen molar-refractivity contribution in [2.45, 2.75) is 71.1 Å². The lowest BCUT2D eigenvalue weighted by Gasteiger charge is -2.26. The molecule has 0 amide bonds. The lowest BCUT2D eigenvalue weighted by Crippen LogP contribution is -2.12. The van der Waals surface area contributed by atoms with Crippen LogP contribution in [0.25, 0.3) is 0 Å². The van der Waals surface area contributed by atoms with E-state index in [9.17, 15) is 4.39 Å². The predicted octanol–water partition coefficient (Wildman–Crippen LogP) is 7.19. The Labute approximate surface area is 164 Å². The number of halogens is 1. The molecule has 2 aromatic carbocycles. The van der Waals surface area contributed by atoms with E-state index in [0.29, 0.717) is 11.8 Å². The predicted molar refractivity (Wildman–Crippen MR) is 112 cm³/mol. The van der Waals surface area contributed by atoms with Gasteiger partial charge < -0.3 is 0 Å². The van der Waals surface area contributed by atoms with E-state index in [-0.39, 0.29) is 5.82 Å². The SMILES string of the molecule is CCCCCc1ccc(C#CC2CCC(c3ccc(C)cc3)CC2)cc1F. The maximum absolute atomic E-state index is 14.2. The zero-order valence-corrected chi connectivity index (χ0v) is 16.7. The lowest BCUT2D eigenvalue weighted by atomic mass is 9.79. The third-order valence-electron chi connectivity index (χ3n) is 5.80. The van der Waals surface area contributed by atoms with Crippen LogP contribution in [0.3, 0.4) is 0 Å². The van der Waals surface area contributed by atoms with Gasteiger partial charge in [0.25, 0.3) is 0 Å². The van der Waals surface area contributed by atoms with E-state index in [1.165, 1.54) is 24.0 Å². The zero-order valence-electron chi connectivity index (χ0n) is 16.7. The number of unbranched alkanes of at least 4 members (excludes halogenated alkanes) is 2. The van der Waals surface area contributed by atoms with E-state index in [0.717, 1.165) is 49.7 Å². The van der Waals surface area contributed by atoms with Gasteiger partial charge in [0, 0.05) is 11.5 Å².